The SMILES string of the molecule is c1ccc(-c2nc(-c3ccccc3)nc(-c3cc(-c4ccc(N(c5ccccc5)c5ccccc5)cc4)c4c(c3)oc3ccccc34)n2)cc1. The summed E-state index contributed by atoms with van der Waals surface area (Å²) in [5, 5.41) is 2.12. The molecule has 5 nitrogen and oxygen atoms in total. The van der Waals surface area contributed by atoms with Gasteiger partial charge in [-0.25, -0.2) is 15.0 Å². The molecule has 0 radical (unpaired) electrons. The van der Waals surface area contributed by atoms with Crippen molar-refractivity contribution >= 4 is 39.0 Å². The van der Waals surface area contributed by atoms with E-state index in [0.29, 0.717) is 17.5 Å². The van der Waals surface area contributed by atoms with Gasteiger partial charge in [-0.1, -0.05) is 127 Å². The Balaban J connectivity index is 1.23. The van der Waals surface area contributed by atoms with Crippen LogP contribution in [0.2, 0.25) is 0 Å². The third-order valence-electron chi connectivity index (χ3n) is 8.90. The predicted octanol–water partition coefficient (Wildman–Crippen LogP) is 11.9. The molecule has 0 aliphatic rings. The second-order valence-corrected chi connectivity index (χ2v) is 12.1. The van der Waals surface area contributed by atoms with Crippen molar-refractivity contribution in [2.75, 3.05) is 4.90 Å². The van der Waals surface area contributed by atoms with Crippen molar-refractivity contribution in [3.63, 3.8) is 0 Å². The van der Waals surface area contributed by atoms with Crippen LogP contribution in [0.25, 0.3) is 67.2 Å². The van der Waals surface area contributed by atoms with Crippen molar-refractivity contribution in [3.05, 3.63) is 182 Å². The van der Waals surface area contributed by atoms with E-state index in [0.717, 1.165) is 66.8 Å². The third kappa shape index (κ3) is 5.47. The van der Waals surface area contributed by atoms with E-state index in [4.69, 9.17) is 19.4 Å². The molecule has 2 heterocycles. The highest BCUT2D eigenvalue weighted by molar-refractivity contribution is 6.13. The summed E-state index contributed by atoms with van der Waals surface area (Å²) in [5.74, 6) is 1.82. The first-order valence-corrected chi connectivity index (χ1v) is 16.6. The molecule has 0 atom stereocenters. The second-order valence-electron chi connectivity index (χ2n) is 12.1. The Kier molecular flexibility index (Phi) is 7.41. The van der Waals surface area contributed by atoms with Gasteiger partial charge < -0.3 is 9.32 Å². The van der Waals surface area contributed by atoms with Crippen LogP contribution in [-0.2, 0) is 0 Å². The molecule has 50 heavy (non-hydrogen) atoms. The van der Waals surface area contributed by atoms with Gasteiger partial charge in [0.05, 0.1) is 0 Å². The molecule has 0 saturated carbocycles. The van der Waals surface area contributed by atoms with Gasteiger partial charge in [-0.2, -0.15) is 0 Å². The van der Waals surface area contributed by atoms with Crippen LogP contribution in [0.4, 0.5) is 17.1 Å². The maximum absolute atomic E-state index is 6.50. The minimum absolute atomic E-state index is 0.581. The predicted molar refractivity (Wildman–Crippen MR) is 204 cm³/mol. The topological polar surface area (TPSA) is 55.1 Å². The summed E-state index contributed by atoms with van der Waals surface area (Å²) in [6, 6.07) is 62.2. The first kappa shape index (κ1) is 29.3. The normalized spacial score (nSPS) is 11.2. The molecule has 0 spiro atoms. The molecule has 0 fully saturated rings. The fraction of sp³-hybridized carbons (Fsp3) is 0. The van der Waals surface area contributed by atoms with Crippen LogP contribution in [0.5, 0.6) is 0 Å². The highest BCUT2D eigenvalue weighted by atomic mass is 16.3. The van der Waals surface area contributed by atoms with Gasteiger partial charge in [0.15, 0.2) is 17.5 Å². The van der Waals surface area contributed by atoms with E-state index in [-0.39, 0.29) is 0 Å². The van der Waals surface area contributed by atoms with Gasteiger partial charge in [0.2, 0.25) is 0 Å². The number of aromatic nitrogens is 3. The molecule has 0 amide bonds. The summed E-state index contributed by atoms with van der Waals surface area (Å²) >= 11 is 0. The summed E-state index contributed by atoms with van der Waals surface area (Å²) < 4.78 is 6.50. The maximum atomic E-state index is 6.50. The Bertz CT molecular complexity index is 2470. The summed E-state index contributed by atoms with van der Waals surface area (Å²) in [4.78, 5) is 17.2. The molecule has 7 aromatic carbocycles. The first-order chi connectivity index (χ1) is 24.8. The van der Waals surface area contributed by atoms with Gasteiger partial charge in [-0.3, -0.25) is 0 Å². The van der Waals surface area contributed by atoms with E-state index in [1.54, 1.807) is 0 Å². The monoisotopic (exact) mass is 642 g/mol. The fourth-order valence-corrected chi connectivity index (χ4v) is 6.54. The number of hydrogen-bond donors (Lipinski definition) is 0. The lowest BCUT2D eigenvalue weighted by Gasteiger charge is -2.25. The van der Waals surface area contributed by atoms with Gasteiger partial charge in [0.1, 0.15) is 11.2 Å². The molecule has 236 valence electrons. The van der Waals surface area contributed by atoms with Crippen LogP contribution < -0.4 is 4.90 Å². The quantitative estimate of drug-likeness (QED) is 0.173. The van der Waals surface area contributed by atoms with Crippen molar-refractivity contribution in [2.24, 2.45) is 0 Å². The van der Waals surface area contributed by atoms with Gasteiger partial charge in [-0.05, 0) is 65.7 Å². The molecular formula is C45H30N4O. The van der Waals surface area contributed by atoms with Crippen molar-refractivity contribution in [3.8, 4) is 45.3 Å². The van der Waals surface area contributed by atoms with Gasteiger partial charge in [-0.15, -0.1) is 0 Å². The number of fused-ring (bicyclic) bond motifs is 3. The van der Waals surface area contributed by atoms with Gasteiger partial charge >= 0.3 is 0 Å². The van der Waals surface area contributed by atoms with E-state index in [1.807, 2.05) is 84.9 Å². The summed E-state index contributed by atoms with van der Waals surface area (Å²) in [7, 11) is 0. The summed E-state index contributed by atoms with van der Waals surface area (Å²) in [6.45, 7) is 0. The highest BCUT2D eigenvalue weighted by Gasteiger charge is 2.19. The van der Waals surface area contributed by atoms with Gasteiger partial charge in [0.25, 0.3) is 0 Å². The Morgan fingerprint density at radius 3 is 1.38 bits per heavy atom. The Labute approximate surface area is 289 Å². The van der Waals surface area contributed by atoms with E-state index in [9.17, 15) is 0 Å². The largest absolute Gasteiger partial charge is 0.456 e. The van der Waals surface area contributed by atoms with Gasteiger partial charge in [0, 0.05) is 44.5 Å². The molecule has 0 saturated heterocycles. The number of anilines is 3. The number of furan rings is 1. The standard InChI is InChI=1S/C45H30N4O/c1-5-15-32(16-6-1)43-46-44(33-17-7-2-8-18-33)48-45(47-43)34-29-39(42-38-23-13-14-24-40(38)50-41(42)30-34)31-25-27-37(28-26-31)49(35-19-9-3-10-20-35)36-21-11-4-12-22-36/h1-30H. The molecule has 0 bridgehead atoms. The molecular weight excluding hydrogens is 613 g/mol. The zero-order chi connectivity index (χ0) is 33.3. The van der Waals surface area contributed by atoms with E-state index >= 15 is 0 Å². The lowest BCUT2D eigenvalue weighted by Crippen LogP contribution is -2.09. The maximum Gasteiger partial charge on any atom is 0.164 e. The number of para-hydroxylation sites is 3. The van der Waals surface area contributed by atoms with Crippen molar-refractivity contribution in [1.82, 2.24) is 15.0 Å². The molecule has 5 heteroatoms. The Hall–Kier alpha value is -6.85. The molecule has 2 aromatic heterocycles. The van der Waals surface area contributed by atoms with E-state index in [1.165, 1.54) is 0 Å². The lowest BCUT2D eigenvalue weighted by atomic mass is 9.96. The van der Waals surface area contributed by atoms with Crippen LogP contribution in [0.1, 0.15) is 0 Å². The Morgan fingerprint density at radius 1 is 0.360 bits per heavy atom. The van der Waals surface area contributed by atoms with Crippen LogP contribution in [0, 0.1) is 0 Å². The second kappa shape index (κ2) is 12.6. The van der Waals surface area contributed by atoms with Crippen molar-refractivity contribution < 1.29 is 4.42 Å². The average molecular weight is 643 g/mol. The molecule has 9 aromatic rings. The number of hydrogen-bond acceptors (Lipinski definition) is 5. The molecule has 0 unspecified atom stereocenters. The minimum atomic E-state index is 0.581. The van der Waals surface area contributed by atoms with Crippen LogP contribution in [0.15, 0.2) is 186 Å². The van der Waals surface area contributed by atoms with Crippen LogP contribution >= 0.6 is 0 Å². The van der Waals surface area contributed by atoms with E-state index < -0.39 is 0 Å². The molecule has 0 N–H and O–H groups in total. The van der Waals surface area contributed by atoms with E-state index in [2.05, 4.69) is 102 Å². The minimum Gasteiger partial charge on any atom is -0.456 e. The summed E-state index contributed by atoms with van der Waals surface area (Å²) in [6.07, 6.45) is 0. The number of benzene rings is 7. The first-order valence-electron chi connectivity index (χ1n) is 16.6. The Morgan fingerprint density at radius 2 is 0.820 bits per heavy atom. The number of rotatable bonds is 7. The zero-order valence-corrected chi connectivity index (χ0v) is 27.0. The molecule has 0 aliphatic carbocycles. The molecule has 9 rings (SSSR count). The zero-order valence-electron chi connectivity index (χ0n) is 27.0. The average Bonchev–Trinajstić information content (AvgIpc) is 3.58. The number of nitrogens with zero attached hydrogens (tertiary/aromatic N) is 4. The van der Waals surface area contributed by atoms with Crippen molar-refractivity contribution in [1.29, 1.82) is 0 Å². The lowest BCUT2D eigenvalue weighted by molar-refractivity contribution is 0.669. The third-order valence-corrected chi connectivity index (χ3v) is 8.90. The van der Waals surface area contributed by atoms with Crippen LogP contribution in [-0.4, -0.2) is 15.0 Å². The fourth-order valence-electron chi connectivity index (χ4n) is 6.54. The highest BCUT2D eigenvalue weighted by Crippen LogP contribution is 2.41. The smallest absolute Gasteiger partial charge is 0.164 e. The van der Waals surface area contributed by atoms with Crippen LogP contribution in [0.3, 0.4) is 0 Å². The van der Waals surface area contributed by atoms with Crippen molar-refractivity contribution in [2.45, 2.75) is 0 Å². The summed E-state index contributed by atoms with van der Waals surface area (Å²) in [5.41, 5.74) is 9.67. The molecule has 0 aliphatic heterocycles.